The van der Waals surface area contributed by atoms with Crippen LogP contribution in [0.5, 0.6) is 0 Å². The SMILES string of the molecule is C[C@H]1C[C@@H](C(=O)NC(CC2CCC2)c2ccccc2)CCN1. The maximum atomic E-state index is 12.7. The fourth-order valence-electron chi connectivity index (χ4n) is 3.69. The van der Waals surface area contributed by atoms with Gasteiger partial charge in [0.15, 0.2) is 0 Å². The molecule has 1 amide bonds. The summed E-state index contributed by atoms with van der Waals surface area (Å²) in [6, 6.07) is 11.1. The van der Waals surface area contributed by atoms with Crippen molar-refractivity contribution < 1.29 is 4.79 Å². The van der Waals surface area contributed by atoms with Crippen molar-refractivity contribution in [2.24, 2.45) is 11.8 Å². The van der Waals surface area contributed by atoms with Crippen molar-refractivity contribution in [2.45, 2.75) is 57.5 Å². The lowest BCUT2D eigenvalue weighted by molar-refractivity contribution is -0.127. The van der Waals surface area contributed by atoms with E-state index in [9.17, 15) is 4.79 Å². The van der Waals surface area contributed by atoms with Gasteiger partial charge in [0.1, 0.15) is 0 Å². The van der Waals surface area contributed by atoms with Crippen LogP contribution in [-0.4, -0.2) is 18.5 Å². The highest BCUT2D eigenvalue weighted by atomic mass is 16.1. The third-order valence-electron chi connectivity index (χ3n) is 5.31. The monoisotopic (exact) mass is 300 g/mol. The van der Waals surface area contributed by atoms with Crippen molar-refractivity contribution in [3.63, 3.8) is 0 Å². The quantitative estimate of drug-likeness (QED) is 0.875. The summed E-state index contributed by atoms with van der Waals surface area (Å²) >= 11 is 0. The molecule has 22 heavy (non-hydrogen) atoms. The molecule has 1 aromatic rings. The standard InChI is InChI=1S/C19H28N2O/c1-14-12-17(10-11-20-14)19(22)21-18(13-15-6-5-7-15)16-8-3-2-4-9-16/h2-4,8-9,14-15,17-18,20H,5-7,10-13H2,1H3,(H,21,22)/t14-,17-,18?/m0/s1. The van der Waals surface area contributed by atoms with Crippen LogP contribution in [0.1, 0.15) is 57.1 Å². The van der Waals surface area contributed by atoms with Crippen LogP contribution in [-0.2, 0) is 4.79 Å². The van der Waals surface area contributed by atoms with Crippen LogP contribution in [0, 0.1) is 11.8 Å². The average Bonchev–Trinajstić information content (AvgIpc) is 2.50. The van der Waals surface area contributed by atoms with Crippen LogP contribution < -0.4 is 10.6 Å². The molecule has 1 aliphatic carbocycles. The van der Waals surface area contributed by atoms with Crippen molar-refractivity contribution in [2.75, 3.05) is 6.54 Å². The largest absolute Gasteiger partial charge is 0.349 e. The predicted octanol–water partition coefficient (Wildman–Crippen LogP) is 3.42. The number of benzene rings is 1. The summed E-state index contributed by atoms with van der Waals surface area (Å²) in [5.41, 5.74) is 1.25. The zero-order valence-corrected chi connectivity index (χ0v) is 13.6. The lowest BCUT2D eigenvalue weighted by Gasteiger charge is -2.33. The summed E-state index contributed by atoms with van der Waals surface area (Å²) in [5, 5.41) is 6.78. The Morgan fingerprint density at radius 3 is 2.68 bits per heavy atom. The summed E-state index contributed by atoms with van der Waals surface area (Å²) in [5.74, 6) is 1.21. The molecule has 0 spiro atoms. The summed E-state index contributed by atoms with van der Waals surface area (Å²) in [6.07, 6.45) is 7.01. The van der Waals surface area contributed by atoms with E-state index in [2.05, 4.69) is 41.8 Å². The van der Waals surface area contributed by atoms with Crippen molar-refractivity contribution in [1.29, 1.82) is 0 Å². The van der Waals surface area contributed by atoms with Gasteiger partial charge in [-0.3, -0.25) is 4.79 Å². The Kier molecular flexibility index (Phi) is 5.14. The molecule has 3 atom stereocenters. The van der Waals surface area contributed by atoms with Crippen molar-refractivity contribution >= 4 is 5.91 Å². The molecule has 3 rings (SSSR count). The topological polar surface area (TPSA) is 41.1 Å². The molecule has 0 radical (unpaired) electrons. The van der Waals surface area contributed by atoms with Gasteiger partial charge in [-0.15, -0.1) is 0 Å². The molecule has 3 nitrogen and oxygen atoms in total. The van der Waals surface area contributed by atoms with Gasteiger partial charge in [0, 0.05) is 12.0 Å². The number of rotatable bonds is 5. The van der Waals surface area contributed by atoms with Gasteiger partial charge in [-0.25, -0.2) is 0 Å². The van der Waals surface area contributed by atoms with E-state index in [1.807, 2.05) is 6.07 Å². The van der Waals surface area contributed by atoms with Gasteiger partial charge in [-0.05, 0) is 44.2 Å². The van der Waals surface area contributed by atoms with Gasteiger partial charge in [-0.2, -0.15) is 0 Å². The van der Waals surface area contributed by atoms with Gasteiger partial charge >= 0.3 is 0 Å². The van der Waals surface area contributed by atoms with Gasteiger partial charge in [0.2, 0.25) is 5.91 Å². The lowest BCUT2D eigenvalue weighted by Crippen LogP contribution is -2.43. The minimum atomic E-state index is 0.170. The van der Waals surface area contributed by atoms with Crippen molar-refractivity contribution in [1.82, 2.24) is 10.6 Å². The van der Waals surface area contributed by atoms with E-state index in [4.69, 9.17) is 0 Å². The zero-order valence-electron chi connectivity index (χ0n) is 13.6. The van der Waals surface area contributed by atoms with E-state index in [0.717, 1.165) is 31.7 Å². The Hall–Kier alpha value is -1.35. The van der Waals surface area contributed by atoms with Gasteiger partial charge < -0.3 is 10.6 Å². The maximum absolute atomic E-state index is 12.7. The van der Waals surface area contributed by atoms with E-state index in [1.54, 1.807) is 0 Å². The second kappa shape index (κ2) is 7.28. The number of carbonyl (C=O) groups excluding carboxylic acids is 1. The van der Waals surface area contributed by atoms with Gasteiger partial charge in [0.25, 0.3) is 0 Å². The molecule has 1 saturated carbocycles. The average molecular weight is 300 g/mol. The second-order valence-corrected chi connectivity index (χ2v) is 7.08. The minimum Gasteiger partial charge on any atom is -0.349 e. The van der Waals surface area contributed by atoms with Crippen LogP contribution in [0.15, 0.2) is 30.3 Å². The van der Waals surface area contributed by atoms with E-state index in [0.29, 0.717) is 6.04 Å². The molecular weight excluding hydrogens is 272 g/mol. The maximum Gasteiger partial charge on any atom is 0.223 e. The molecule has 2 N–H and O–H groups in total. The zero-order chi connectivity index (χ0) is 15.4. The number of carbonyl (C=O) groups is 1. The first-order valence-corrected chi connectivity index (χ1v) is 8.81. The fraction of sp³-hybridized carbons (Fsp3) is 0.632. The Balaban J connectivity index is 1.64. The second-order valence-electron chi connectivity index (χ2n) is 7.08. The molecule has 1 aliphatic heterocycles. The lowest BCUT2D eigenvalue weighted by atomic mass is 9.79. The Labute approximate surface area is 133 Å². The molecule has 3 heteroatoms. The highest BCUT2D eigenvalue weighted by Crippen LogP contribution is 2.35. The smallest absolute Gasteiger partial charge is 0.223 e. The number of hydrogen-bond acceptors (Lipinski definition) is 2. The molecule has 2 aliphatic rings. The van der Waals surface area contributed by atoms with Gasteiger partial charge in [-0.1, -0.05) is 49.6 Å². The van der Waals surface area contributed by atoms with Crippen LogP contribution in [0.25, 0.3) is 0 Å². The van der Waals surface area contributed by atoms with E-state index < -0.39 is 0 Å². The van der Waals surface area contributed by atoms with Crippen LogP contribution in [0.2, 0.25) is 0 Å². The highest BCUT2D eigenvalue weighted by Gasteiger charge is 2.29. The number of piperidine rings is 1. The molecule has 2 fully saturated rings. The molecular formula is C19H28N2O. The van der Waals surface area contributed by atoms with Crippen LogP contribution in [0.3, 0.4) is 0 Å². The number of amides is 1. The first-order chi connectivity index (χ1) is 10.7. The minimum absolute atomic E-state index is 0.170. The fourth-order valence-corrected chi connectivity index (χ4v) is 3.69. The third-order valence-corrected chi connectivity index (χ3v) is 5.31. The van der Waals surface area contributed by atoms with Crippen LogP contribution in [0.4, 0.5) is 0 Å². The first kappa shape index (κ1) is 15.5. The molecule has 0 aromatic heterocycles. The highest BCUT2D eigenvalue weighted by molar-refractivity contribution is 5.79. The Morgan fingerprint density at radius 2 is 2.05 bits per heavy atom. The summed E-state index contributed by atoms with van der Waals surface area (Å²) in [4.78, 5) is 12.7. The van der Waals surface area contributed by atoms with E-state index >= 15 is 0 Å². The normalized spacial score (nSPS) is 27.0. The summed E-state index contributed by atoms with van der Waals surface area (Å²) in [7, 11) is 0. The summed E-state index contributed by atoms with van der Waals surface area (Å²) < 4.78 is 0. The van der Waals surface area contributed by atoms with E-state index in [-0.39, 0.29) is 17.9 Å². The van der Waals surface area contributed by atoms with Crippen molar-refractivity contribution in [3.8, 4) is 0 Å². The third kappa shape index (κ3) is 3.89. The molecule has 0 bridgehead atoms. The van der Waals surface area contributed by atoms with Crippen molar-refractivity contribution in [3.05, 3.63) is 35.9 Å². The van der Waals surface area contributed by atoms with Crippen LogP contribution >= 0.6 is 0 Å². The summed E-state index contributed by atoms with van der Waals surface area (Å²) in [6.45, 7) is 3.13. The Bertz CT molecular complexity index is 483. The molecule has 1 unspecified atom stereocenters. The number of nitrogens with one attached hydrogen (secondary N) is 2. The number of hydrogen-bond donors (Lipinski definition) is 2. The first-order valence-electron chi connectivity index (χ1n) is 8.81. The molecule has 120 valence electrons. The Morgan fingerprint density at radius 1 is 1.27 bits per heavy atom. The molecule has 1 aromatic carbocycles. The molecule has 1 saturated heterocycles. The van der Waals surface area contributed by atoms with Gasteiger partial charge in [0.05, 0.1) is 6.04 Å². The van der Waals surface area contributed by atoms with E-state index in [1.165, 1.54) is 24.8 Å². The molecule has 1 heterocycles. The predicted molar refractivity (Wildman–Crippen MR) is 89.5 cm³/mol.